The fourth-order valence-corrected chi connectivity index (χ4v) is 1.80. The van der Waals surface area contributed by atoms with Crippen molar-refractivity contribution in [3.8, 4) is 0 Å². The van der Waals surface area contributed by atoms with E-state index in [-0.39, 0.29) is 21.5 Å². The summed E-state index contributed by atoms with van der Waals surface area (Å²) in [6, 6.07) is 3.65. The Balaban J connectivity index is 2.94. The van der Waals surface area contributed by atoms with E-state index in [1.807, 2.05) is 0 Å². The van der Waals surface area contributed by atoms with Crippen molar-refractivity contribution < 1.29 is 14.7 Å². The summed E-state index contributed by atoms with van der Waals surface area (Å²) in [6.45, 7) is 3.41. The third-order valence-electron chi connectivity index (χ3n) is 2.42. The Morgan fingerprint density at radius 1 is 1.28 bits per heavy atom. The lowest BCUT2D eigenvalue weighted by atomic mass is 10.0. The molecule has 1 aromatic rings. The van der Waals surface area contributed by atoms with Crippen LogP contribution in [0.3, 0.4) is 0 Å². The van der Waals surface area contributed by atoms with E-state index in [0.717, 1.165) is 0 Å². The van der Waals surface area contributed by atoms with E-state index in [1.165, 1.54) is 6.07 Å². The van der Waals surface area contributed by atoms with Crippen LogP contribution in [0.1, 0.15) is 24.2 Å². The van der Waals surface area contributed by atoms with Crippen molar-refractivity contribution >= 4 is 35.1 Å². The number of nitrogens with one attached hydrogen (secondary N) is 1. The van der Waals surface area contributed by atoms with Crippen molar-refractivity contribution in [1.29, 1.82) is 0 Å². The van der Waals surface area contributed by atoms with Gasteiger partial charge in [0.2, 0.25) is 0 Å². The third-order valence-corrected chi connectivity index (χ3v) is 3.23. The van der Waals surface area contributed by atoms with Gasteiger partial charge in [-0.2, -0.15) is 0 Å². The van der Waals surface area contributed by atoms with Gasteiger partial charge in [0, 0.05) is 0 Å². The van der Waals surface area contributed by atoms with Gasteiger partial charge in [-0.1, -0.05) is 43.1 Å². The maximum atomic E-state index is 11.9. The highest BCUT2D eigenvalue weighted by atomic mass is 35.5. The molecule has 1 atom stereocenters. The van der Waals surface area contributed by atoms with Crippen LogP contribution >= 0.6 is 23.2 Å². The van der Waals surface area contributed by atoms with Crippen molar-refractivity contribution in [2.24, 2.45) is 5.92 Å². The smallest absolute Gasteiger partial charge is 0.326 e. The van der Waals surface area contributed by atoms with Gasteiger partial charge in [-0.05, 0) is 18.1 Å². The number of aliphatic carboxylic acids is 1. The molecule has 0 saturated heterocycles. The largest absolute Gasteiger partial charge is 0.480 e. The van der Waals surface area contributed by atoms with Gasteiger partial charge in [0.1, 0.15) is 6.04 Å². The number of amides is 1. The third kappa shape index (κ3) is 3.37. The minimum Gasteiger partial charge on any atom is -0.480 e. The maximum absolute atomic E-state index is 11.9. The molecule has 0 aliphatic carbocycles. The Bertz CT molecular complexity index is 474. The zero-order valence-electron chi connectivity index (χ0n) is 9.91. The molecule has 0 bridgehead atoms. The number of hydrogen-bond acceptors (Lipinski definition) is 2. The number of halogens is 2. The van der Waals surface area contributed by atoms with Gasteiger partial charge in [-0.3, -0.25) is 4.79 Å². The molecule has 0 aliphatic rings. The molecule has 2 N–H and O–H groups in total. The molecular weight excluding hydrogens is 277 g/mol. The van der Waals surface area contributed by atoms with Crippen molar-refractivity contribution in [3.05, 3.63) is 33.8 Å². The number of carbonyl (C=O) groups excluding carboxylic acids is 1. The second-order valence-corrected chi connectivity index (χ2v) is 4.92. The number of carbonyl (C=O) groups is 2. The summed E-state index contributed by atoms with van der Waals surface area (Å²) < 4.78 is 0. The molecule has 1 aromatic carbocycles. The van der Waals surface area contributed by atoms with Crippen LogP contribution in [0.25, 0.3) is 0 Å². The normalized spacial score (nSPS) is 12.3. The average molecular weight is 290 g/mol. The maximum Gasteiger partial charge on any atom is 0.326 e. The molecule has 1 amide bonds. The molecule has 0 fully saturated rings. The zero-order chi connectivity index (χ0) is 13.9. The van der Waals surface area contributed by atoms with Crippen LogP contribution in [0, 0.1) is 5.92 Å². The monoisotopic (exact) mass is 289 g/mol. The van der Waals surface area contributed by atoms with Gasteiger partial charge < -0.3 is 10.4 Å². The topological polar surface area (TPSA) is 66.4 Å². The summed E-state index contributed by atoms with van der Waals surface area (Å²) in [6.07, 6.45) is 0. The minimum absolute atomic E-state index is 0.115. The number of benzene rings is 1. The summed E-state index contributed by atoms with van der Waals surface area (Å²) in [4.78, 5) is 22.9. The molecule has 0 aliphatic heterocycles. The first-order valence-electron chi connectivity index (χ1n) is 5.32. The van der Waals surface area contributed by atoms with Crippen LogP contribution in [-0.2, 0) is 4.79 Å². The predicted octanol–water partition coefficient (Wildman–Crippen LogP) is 2.83. The Labute approximate surface area is 115 Å². The summed E-state index contributed by atoms with van der Waals surface area (Å²) >= 11 is 11.7. The van der Waals surface area contributed by atoms with E-state index in [9.17, 15) is 9.59 Å². The quantitative estimate of drug-likeness (QED) is 0.896. The highest BCUT2D eigenvalue weighted by molar-refractivity contribution is 6.43. The van der Waals surface area contributed by atoms with E-state index in [1.54, 1.807) is 26.0 Å². The minimum atomic E-state index is -1.09. The van der Waals surface area contributed by atoms with E-state index >= 15 is 0 Å². The van der Waals surface area contributed by atoms with Crippen LogP contribution < -0.4 is 5.32 Å². The van der Waals surface area contributed by atoms with Gasteiger partial charge in [0.25, 0.3) is 5.91 Å². The molecule has 0 saturated carbocycles. The molecule has 0 aromatic heterocycles. The van der Waals surface area contributed by atoms with Gasteiger partial charge in [0.05, 0.1) is 15.6 Å². The standard InChI is InChI=1S/C12H13Cl2NO3/c1-6(2)10(12(17)18)15-11(16)7-4-3-5-8(13)9(7)14/h3-6,10H,1-2H3,(H,15,16)(H,17,18)/t10-/m1/s1. The Morgan fingerprint density at radius 3 is 2.39 bits per heavy atom. The van der Waals surface area contributed by atoms with Gasteiger partial charge in [-0.25, -0.2) is 4.79 Å². The summed E-state index contributed by atoms with van der Waals surface area (Å²) in [5, 5.41) is 11.8. The van der Waals surface area contributed by atoms with Crippen LogP contribution in [0.2, 0.25) is 10.0 Å². The molecule has 0 radical (unpaired) electrons. The van der Waals surface area contributed by atoms with E-state index < -0.39 is 17.9 Å². The first-order valence-corrected chi connectivity index (χ1v) is 6.08. The van der Waals surface area contributed by atoms with Gasteiger partial charge >= 0.3 is 5.97 Å². The molecule has 0 unspecified atom stereocenters. The molecular formula is C12H13Cl2NO3. The summed E-state index contributed by atoms with van der Waals surface area (Å²) in [5.41, 5.74) is 0.163. The lowest BCUT2D eigenvalue weighted by molar-refractivity contribution is -0.140. The Kier molecular flexibility index (Phi) is 4.99. The lowest BCUT2D eigenvalue weighted by Gasteiger charge is -2.18. The summed E-state index contributed by atoms with van der Waals surface area (Å²) in [5.74, 6) is -1.87. The second kappa shape index (κ2) is 6.07. The number of carboxylic acids is 1. The number of hydrogen-bond donors (Lipinski definition) is 2. The van der Waals surface area contributed by atoms with Gasteiger partial charge in [-0.15, -0.1) is 0 Å². The fraction of sp³-hybridized carbons (Fsp3) is 0.333. The number of rotatable bonds is 4. The average Bonchev–Trinajstić information content (AvgIpc) is 2.28. The second-order valence-electron chi connectivity index (χ2n) is 4.13. The molecule has 18 heavy (non-hydrogen) atoms. The zero-order valence-corrected chi connectivity index (χ0v) is 11.4. The first-order chi connectivity index (χ1) is 8.34. The lowest BCUT2D eigenvalue weighted by Crippen LogP contribution is -2.44. The van der Waals surface area contributed by atoms with E-state index in [0.29, 0.717) is 0 Å². The van der Waals surface area contributed by atoms with Gasteiger partial charge in [0.15, 0.2) is 0 Å². The molecule has 4 nitrogen and oxygen atoms in total. The van der Waals surface area contributed by atoms with Crippen molar-refractivity contribution in [2.45, 2.75) is 19.9 Å². The van der Waals surface area contributed by atoms with Crippen LogP contribution in [0.5, 0.6) is 0 Å². The molecule has 0 spiro atoms. The molecule has 98 valence electrons. The SMILES string of the molecule is CC(C)[C@@H](NC(=O)c1cccc(Cl)c1Cl)C(=O)O. The first kappa shape index (κ1) is 14.8. The van der Waals surface area contributed by atoms with E-state index in [4.69, 9.17) is 28.3 Å². The molecule has 1 rings (SSSR count). The summed E-state index contributed by atoms with van der Waals surface area (Å²) in [7, 11) is 0. The van der Waals surface area contributed by atoms with Crippen molar-refractivity contribution in [2.75, 3.05) is 0 Å². The highest BCUT2D eigenvalue weighted by Gasteiger charge is 2.25. The van der Waals surface area contributed by atoms with Crippen molar-refractivity contribution in [3.63, 3.8) is 0 Å². The highest BCUT2D eigenvalue weighted by Crippen LogP contribution is 2.25. The van der Waals surface area contributed by atoms with E-state index in [2.05, 4.69) is 5.32 Å². The van der Waals surface area contributed by atoms with Crippen LogP contribution in [0.15, 0.2) is 18.2 Å². The predicted molar refractivity (Wildman–Crippen MR) is 70.2 cm³/mol. The van der Waals surface area contributed by atoms with Crippen molar-refractivity contribution in [1.82, 2.24) is 5.32 Å². The Morgan fingerprint density at radius 2 is 1.89 bits per heavy atom. The fourth-order valence-electron chi connectivity index (χ4n) is 1.41. The Hall–Kier alpha value is -1.26. The molecule has 0 heterocycles. The molecule has 6 heteroatoms. The van der Waals surface area contributed by atoms with Crippen LogP contribution in [0.4, 0.5) is 0 Å². The van der Waals surface area contributed by atoms with Crippen LogP contribution in [-0.4, -0.2) is 23.0 Å². The number of carboxylic acid groups (broad SMARTS) is 1.